The molecule has 0 saturated carbocycles. The monoisotopic (exact) mass is 398 g/mol. The third-order valence-electron chi connectivity index (χ3n) is 4.77. The van der Waals surface area contributed by atoms with Gasteiger partial charge >= 0.3 is 0 Å². The quantitative estimate of drug-likeness (QED) is 0.766. The molecule has 0 aliphatic carbocycles. The van der Waals surface area contributed by atoms with E-state index in [1.165, 1.54) is 14.2 Å². The Bertz CT molecular complexity index is 890. The van der Waals surface area contributed by atoms with E-state index in [0.29, 0.717) is 40.7 Å². The summed E-state index contributed by atoms with van der Waals surface area (Å²) in [6.45, 7) is 4.44. The molecule has 0 aromatic heterocycles. The zero-order valence-corrected chi connectivity index (χ0v) is 17.2. The summed E-state index contributed by atoms with van der Waals surface area (Å²) in [6, 6.07) is 10.3. The van der Waals surface area contributed by atoms with E-state index in [1.54, 1.807) is 48.2 Å². The summed E-state index contributed by atoms with van der Waals surface area (Å²) in [7, 11) is 3.06. The van der Waals surface area contributed by atoms with Crippen LogP contribution < -0.4 is 24.4 Å². The minimum atomic E-state index is -0.524. The van der Waals surface area contributed by atoms with Crippen LogP contribution in [-0.4, -0.2) is 38.7 Å². The third kappa shape index (κ3) is 4.45. The second-order valence-corrected chi connectivity index (χ2v) is 6.84. The average molecular weight is 398 g/mol. The predicted octanol–water partition coefficient (Wildman–Crippen LogP) is 3.87. The molecule has 0 bridgehead atoms. The minimum absolute atomic E-state index is 0.0769. The van der Waals surface area contributed by atoms with Gasteiger partial charge in [0.15, 0.2) is 6.10 Å². The van der Waals surface area contributed by atoms with Gasteiger partial charge in [0.05, 0.1) is 19.9 Å². The van der Waals surface area contributed by atoms with Gasteiger partial charge in [-0.15, -0.1) is 0 Å². The maximum absolute atomic E-state index is 12.8. The van der Waals surface area contributed by atoms with E-state index in [1.807, 2.05) is 0 Å². The molecule has 29 heavy (non-hydrogen) atoms. The van der Waals surface area contributed by atoms with E-state index in [9.17, 15) is 9.59 Å². The lowest BCUT2D eigenvalue weighted by atomic mass is 10.1. The van der Waals surface area contributed by atoms with Crippen LogP contribution in [0.3, 0.4) is 0 Å². The lowest BCUT2D eigenvalue weighted by Gasteiger charge is -2.33. The smallest absolute Gasteiger partial charge is 0.267 e. The van der Waals surface area contributed by atoms with Gasteiger partial charge in [0, 0.05) is 23.9 Å². The molecule has 1 unspecified atom stereocenters. The molecule has 1 aliphatic rings. The topological polar surface area (TPSA) is 77.1 Å². The van der Waals surface area contributed by atoms with Gasteiger partial charge in [-0.2, -0.15) is 0 Å². The lowest BCUT2D eigenvalue weighted by molar-refractivity contribution is -0.125. The van der Waals surface area contributed by atoms with Crippen molar-refractivity contribution in [2.45, 2.75) is 32.8 Å². The molecular formula is C22H26N2O5. The van der Waals surface area contributed by atoms with Crippen LogP contribution in [0, 0.1) is 0 Å². The zero-order chi connectivity index (χ0) is 21.0. The number of fused-ring (bicyclic) bond motifs is 1. The van der Waals surface area contributed by atoms with Gasteiger partial charge in [-0.3, -0.25) is 9.59 Å². The summed E-state index contributed by atoms with van der Waals surface area (Å²) in [4.78, 5) is 27.1. The van der Waals surface area contributed by atoms with Crippen LogP contribution in [0.15, 0.2) is 36.4 Å². The van der Waals surface area contributed by atoms with E-state index in [4.69, 9.17) is 14.2 Å². The first-order valence-electron chi connectivity index (χ1n) is 9.63. The van der Waals surface area contributed by atoms with Crippen molar-refractivity contribution in [3.8, 4) is 17.2 Å². The highest BCUT2D eigenvalue weighted by molar-refractivity contribution is 6.06. The zero-order valence-electron chi connectivity index (χ0n) is 17.2. The molecule has 0 radical (unpaired) electrons. The standard InChI is InChI=1S/C22H26N2O5/c1-5-6-9-24-19-12-16(7-8-20(19)29-14(2)22(24)26)23-21(25)15-10-17(27-3)13-18(11-15)28-4/h7-8,10-14H,5-6,9H2,1-4H3,(H,23,25). The maximum Gasteiger partial charge on any atom is 0.267 e. The maximum atomic E-state index is 12.8. The van der Waals surface area contributed by atoms with Gasteiger partial charge in [-0.05, 0) is 43.7 Å². The number of rotatable bonds is 7. The Hall–Kier alpha value is -3.22. The fourth-order valence-corrected chi connectivity index (χ4v) is 3.17. The van der Waals surface area contributed by atoms with Crippen molar-refractivity contribution in [2.75, 3.05) is 31.0 Å². The van der Waals surface area contributed by atoms with Crippen molar-refractivity contribution in [1.29, 1.82) is 0 Å². The van der Waals surface area contributed by atoms with Gasteiger partial charge in [0.25, 0.3) is 11.8 Å². The second-order valence-electron chi connectivity index (χ2n) is 6.84. The van der Waals surface area contributed by atoms with Crippen LogP contribution in [0.1, 0.15) is 37.0 Å². The number of methoxy groups -OCH3 is 2. The molecule has 1 aliphatic heterocycles. The van der Waals surface area contributed by atoms with Crippen LogP contribution in [0.2, 0.25) is 0 Å². The SMILES string of the molecule is CCCCN1C(=O)C(C)Oc2ccc(NC(=O)c3cc(OC)cc(OC)c3)cc21. The number of carbonyl (C=O) groups is 2. The van der Waals surface area contributed by atoms with Crippen LogP contribution in [0.5, 0.6) is 17.2 Å². The van der Waals surface area contributed by atoms with E-state index < -0.39 is 6.10 Å². The van der Waals surface area contributed by atoms with Gasteiger partial charge in [0.2, 0.25) is 0 Å². The van der Waals surface area contributed by atoms with Crippen LogP contribution in [0.4, 0.5) is 11.4 Å². The van der Waals surface area contributed by atoms with E-state index in [2.05, 4.69) is 12.2 Å². The summed E-state index contributed by atoms with van der Waals surface area (Å²) >= 11 is 0. The molecule has 0 fully saturated rings. The number of amides is 2. The first-order valence-corrected chi connectivity index (χ1v) is 9.63. The average Bonchev–Trinajstić information content (AvgIpc) is 2.74. The highest BCUT2D eigenvalue weighted by Crippen LogP contribution is 2.36. The Balaban J connectivity index is 1.87. The molecule has 1 N–H and O–H groups in total. The van der Waals surface area contributed by atoms with Crippen molar-refractivity contribution < 1.29 is 23.8 Å². The first kappa shape index (κ1) is 20.5. The predicted molar refractivity (Wildman–Crippen MR) is 111 cm³/mol. The van der Waals surface area contributed by atoms with Gasteiger partial charge in [-0.1, -0.05) is 13.3 Å². The molecule has 3 rings (SSSR count). The fourth-order valence-electron chi connectivity index (χ4n) is 3.17. The van der Waals surface area contributed by atoms with Crippen LogP contribution in [-0.2, 0) is 4.79 Å². The molecule has 0 spiro atoms. The highest BCUT2D eigenvalue weighted by atomic mass is 16.5. The molecule has 1 atom stereocenters. The summed E-state index contributed by atoms with van der Waals surface area (Å²) in [5.41, 5.74) is 1.65. The van der Waals surface area contributed by atoms with Gasteiger partial charge < -0.3 is 24.4 Å². The number of hydrogen-bond donors (Lipinski definition) is 1. The van der Waals surface area contributed by atoms with Crippen molar-refractivity contribution >= 4 is 23.2 Å². The Morgan fingerprint density at radius 3 is 2.45 bits per heavy atom. The van der Waals surface area contributed by atoms with Gasteiger partial charge in [-0.25, -0.2) is 0 Å². The number of nitrogens with one attached hydrogen (secondary N) is 1. The number of carbonyl (C=O) groups excluding carboxylic acids is 2. The van der Waals surface area contributed by atoms with E-state index in [-0.39, 0.29) is 11.8 Å². The number of nitrogens with zero attached hydrogens (tertiary/aromatic N) is 1. The Morgan fingerprint density at radius 2 is 1.83 bits per heavy atom. The molecule has 7 nitrogen and oxygen atoms in total. The summed E-state index contributed by atoms with van der Waals surface area (Å²) < 4.78 is 16.2. The van der Waals surface area contributed by atoms with E-state index in [0.717, 1.165) is 12.8 Å². The molecular weight excluding hydrogens is 372 g/mol. The number of unbranched alkanes of at least 4 members (excludes halogenated alkanes) is 1. The van der Waals surface area contributed by atoms with E-state index >= 15 is 0 Å². The number of ether oxygens (including phenoxy) is 3. The Morgan fingerprint density at radius 1 is 1.14 bits per heavy atom. The second kappa shape index (κ2) is 8.86. The molecule has 0 saturated heterocycles. The summed E-state index contributed by atoms with van der Waals surface area (Å²) in [6.07, 6.45) is 1.34. The third-order valence-corrected chi connectivity index (χ3v) is 4.77. The normalized spacial score (nSPS) is 15.4. The Labute approximate surface area is 170 Å². The summed E-state index contributed by atoms with van der Waals surface area (Å²) in [5, 5.41) is 2.87. The molecule has 154 valence electrons. The molecule has 2 aromatic carbocycles. The largest absolute Gasteiger partial charge is 0.497 e. The molecule has 1 heterocycles. The van der Waals surface area contributed by atoms with Crippen molar-refractivity contribution in [3.63, 3.8) is 0 Å². The highest BCUT2D eigenvalue weighted by Gasteiger charge is 2.31. The lowest BCUT2D eigenvalue weighted by Crippen LogP contribution is -2.44. The Kier molecular flexibility index (Phi) is 6.26. The van der Waals surface area contributed by atoms with Gasteiger partial charge in [0.1, 0.15) is 17.2 Å². The van der Waals surface area contributed by atoms with Crippen LogP contribution >= 0.6 is 0 Å². The number of anilines is 2. The van der Waals surface area contributed by atoms with Crippen LogP contribution in [0.25, 0.3) is 0 Å². The minimum Gasteiger partial charge on any atom is -0.497 e. The first-order chi connectivity index (χ1) is 14.0. The van der Waals surface area contributed by atoms with Crippen molar-refractivity contribution in [3.05, 3.63) is 42.0 Å². The fraction of sp³-hybridized carbons (Fsp3) is 0.364. The summed E-state index contributed by atoms with van der Waals surface area (Å²) in [5.74, 6) is 1.30. The van der Waals surface area contributed by atoms with Crippen molar-refractivity contribution in [1.82, 2.24) is 0 Å². The molecule has 2 amide bonds. The molecule has 7 heteroatoms. The van der Waals surface area contributed by atoms with Crippen molar-refractivity contribution in [2.24, 2.45) is 0 Å². The molecule has 2 aromatic rings. The number of hydrogen-bond acceptors (Lipinski definition) is 5. The number of benzene rings is 2.